The van der Waals surface area contributed by atoms with Gasteiger partial charge >= 0.3 is 0 Å². The first-order chi connectivity index (χ1) is 8.22. The average molecular weight is 238 g/mol. The van der Waals surface area contributed by atoms with E-state index in [1.807, 2.05) is 0 Å². The van der Waals surface area contributed by atoms with Gasteiger partial charge in [0.25, 0.3) is 0 Å². The Balaban J connectivity index is 1.83. The number of nitrogens with one attached hydrogen (secondary N) is 1. The van der Waals surface area contributed by atoms with Gasteiger partial charge in [0.05, 0.1) is 6.54 Å². The number of carbonyl (C=O) groups is 1. The van der Waals surface area contributed by atoms with Crippen molar-refractivity contribution in [1.82, 2.24) is 10.2 Å². The van der Waals surface area contributed by atoms with E-state index in [1.165, 1.54) is 32.1 Å². The number of hydrogen-bond donors (Lipinski definition) is 1. The zero-order valence-electron chi connectivity index (χ0n) is 11.2. The van der Waals surface area contributed by atoms with Gasteiger partial charge in [0.1, 0.15) is 0 Å². The molecule has 1 saturated carbocycles. The normalized spacial score (nSPS) is 30.1. The highest BCUT2D eigenvalue weighted by molar-refractivity contribution is 5.79. The second-order valence-electron chi connectivity index (χ2n) is 5.68. The molecule has 1 aliphatic carbocycles. The van der Waals surface area contributed by atoms with Crippen molar-refractivity contribution in [2.45, 2.75) is 64.5 Å². The van der Waals surface area contributed by atoms with Crippen LogP contribution in [0, 0.1) is 5.92 Å². The van der Waals surface area contributed by atoms with Gasteiger partial charge in [0.2, 0.25) is 5.91 Å². The van der Waals surface area contributed by atoms with Crippen LogP contribution in [0.2, 0.25) is 0 Å². The second-order valence-corrected chi connectivity index (χ2v) is 5.68. The van der Waals surface area contributed by atoms with Crippen LogP contribution in [0.15, 0.2) is 0 Å². The summed E-state index contributed by atoms with van der Waals surface area (Å²) in [6, 6.07) is 1.01. The third-order valence-electron chi connectivity index (χ3n) is 4.54. The molecule has 3 heteroatoms. The Labute approximate surface area is 105 Å². The van der Waals surface area contributed by atoms with Crippen molar-refractivity contribution in [1.29, 1.82) is 0 Å². The summed E-state index contributed by atoms with van der Waals surface area (Å²) in [4.78, 5) is 14.3. The topological polar surface area (TPSA) is 32.3 Å². The molecule has 1 heterocycles. The molecule has 2 fully saturated rings. The summed E-state index contributed by atoms with van der Waals surface area (Å²) in [5.41, 5.74) is 0. The molecule has 98 valence electrons. The van der Waals surface area contributed by atoms with E-state index in [2.05, 4.69) is 24.1 Å². The zero-order valence-corrected chi connectivity index (χ0v) is 11.2. The highest BCUT2D eigenvalue weighted by Gasteiger charge is 2.37. The van der Waals surface area contributed by atoms with Crippen molar-refractivity contribution in [2.75, 3.05) is 13.1 Å². The Hall–Kier alpha value is -0.570. The molecule has 17 heavy (non-hydrogen) atoms. The van der Waals surface area contributed by atoms with Crippen molar-refractivity contribution in [2.24, 2.45) is 5.92 Å². The minimum atomic E-state index is 0.319. The van der Waals surface area contributed by atoms with Crippen LogP contribution >= 0.6 is 0 Å². The van der Waals surface area contributed by atoms with Gasteiger partial charge in [0, 0.05) is 18.6 Å². The summed E-state index contributed by atoms with van der Waals surface area (Å²) >= 11 is 0. The van der Waals surface area contributed by atoms with Crippen LogP contribution in [0.25, 0.3) is 0 Å². The first kappa shape index (κ1) is 12.9. The molecule has 3 unspecified atom stereocenters. The number of amides is 1. The summed E-state index contributed by atoms with van der Waals surface area (Å²) < 4.78 is 0. The van der Waals surface area contributed by atoms with Gasteiger partial charge in [-0.25, -0.2) is 0 Å². The predicted octanol–water partition coefficient (Wildman–Crippen LogP) is 2.17. The molecule has 1 amide bonds. The molecule has 3 nitrogen and oxygen atoms in total. The molecular formula is C14H26N2O. The van der Waals surface area contributed by atoms with E-state index < -0.39 is 0 Å². The van der Waals surface area contributed by atoms with Gasteiger partial charge in [-0.3, -0.25) is 4.79 Å². The Kier molecular flexibility index (Phi) is 4.43. The van der Waals surface area contributed by atoms with Gasteiger partial charge in [-0.1, -0.05) is 19.8 Å². The first-order valence-electron chi connectivity index (χ1n) is 7.25. The monoisotopic (exact) mass is 238 g/mol. The largest absolute Gasteiger partial charge is 0.338 e. The fourth-order valence-corrected chi connectivity index (χ4v) is 3.22. The summed E-state index contributed by atoms with van der Waals surface area (Å²) in [5, 5.41) is 3.31. The number of fused-ring (bicyclic) bond motifs is 1. The van der Waals surface area contributed by atoms with Crippen molar-refractivity contribution in [3.05, 3.63) is 0 Å². The Bertz CT molecular complexity index is 267. The molecule has 2 aliphatic rings. The van der Waals surface area contributed by atoms with Crippen molar-refractivity contribution in [3.8, 4) is 0 Å². The Morgan fingerprint density at radius 2 is 2.12 bits per heavy atom. The molecule has 0 spiro atoms. The van der Waals surface area contributed by atoms with Gasteiger partial charge in [-0.15, -0.1) is 0 Å². The number of rotatable bonds is 4. The molecule has 1 N–H and O–H groups in total. The van der Waals surface area contributed by atoms with E-state index in [-0.39, 0.29) is 0 Å². The maximum absolute atomic E-state index is 12.2. The highest BCUT2D eigenvalue weighted by atomic mass is 16.2. The van der Waals surface area contributed by atoms with Crippen molar-refractivity contribution >= 4 is 5.91 Å². The van der Waals surface area contributed by atoms with Crippen molar-refractivity contribution in [3.63, 3.8) is 0 Å². The molecule has 0 aromatic heterocycles. The van der Waals surface area contributed by atoms with E-state index in [0.717, 1.165) is 18.9 Å². The molecule has 0 bridgehead atoms. The summed E-state index contributed by atoms with van der Waals surface area (Å²) in [6.07, 6.45) is 7.57. The number of nitrogens with zero attached hydrogens (tertiary/aromatic N) is 1. The van der Waals surface area contributed by atoms with Crippen LogP contribution in [0.1, 0.15) is 52.4 Å². The molecule has 0 aromatic carbocycles. The molecule has 1 aliphatic heterocycles. The highest BCUT2D eigenvalue weighted by Crippen LogP contribution is 2.35. The zero-order chi connectivity index (χ0) is 12.3. The van der Waals surface area contributed by atoms with Gasteiger partial charge in [-0.2, -0.15) is 0 Å². The molecule has 1 saturated heterocycles. The molecule has 0 radical (unpaired) electrons. The molecule has 2 rings (SSSR count). The van der Waals surface area contributed by atoms with Crippen LogP contribution in [-0.4, -0.2) is 36.0 Å². The van der Waals surface area contributed by atoms with Crippen molar-refractivity contribution < 1.29 is 4.79 Å². The quantitative estimate of drug-likeness (QED) is 0.814. The SMILES string of the molecule is CCC(C)NCC(=O)N1CCC2CCCCC21. The molecule has 3 atom stereocenters. The average Bonchev–Trinajstić information content (AvgIpc) is 2.79. The van der Waals surface area contributed by atoms with Crippen LogP contribution in [0.3, 0.4) is 0 Å². The lowest BCUT2D eigenvalue weighted by molar-refractivity contribution is -0.131. The second kappa shape index (κ2) is 5.85. The lowest BCUT2D eigenvalue weighted by Gasteiger charge is -2.32. The predicted molar refractivity (Wildman–Crippen MR) is 69.8 cm³/mol. The fourth-order valence-electron chi connectivity index (χ4n) is 3.22. The van der Waals surface area contributed by atoms with Crippen LogP contribution in [0.4, 0.5) is 0 Å². The summed E-state index contributed by atoms with van der Waals surface area (Å²) in [7, 11) is 0. The number of hydrogen-bond acceptors (Lipinski definition) is 2. The lowest BCUT2D eigenvalue weighted by atomic mass is 9.85. The maximum atomic E-state index is 12.2. The van der Waals surface area contributed by atoms with E-state index >= 15 is 0 Å². The minimum absolute atomic E-state index is 0.319. The van der Waals surface area contributed by atoms with Gasteiger partial charge < -0.3 is 10.2 Å². The third kappa shape index (κ3) is 3.01. The van der Waals surface area contributed by atoms with E-state index in [0.29, 0.717) is 24.5 Å². The summed E-state index contributed by atoms with van der Waals surface area (Å²) in [6.45, 7) is 5.81. The fraction of sp³-hybridized carbons (Fsp3) is 0.929. The first-order valence-corrected chi connectivity index (χ1v) is 7.25. The Morgan fingerprint density at radius 3 is 2.88 bits per heavy atom. The van der Waals surface area contributed by atoms with Gasteiger partial charge in [-0.05, 0) is 38.5 Å². The smallest absolute Gasteiger partial charge is 0.236 e. The molecular weight excluding hydrogens is 212 g/mol. The van der Waals surface area contributed by atoms with Gasteiger partial charge in [0.15, 0.2) is 0 Å². The summed E-state index contributed by atoms with van der Waals surface area (Å²) in [5.74, 6) is 1.12. The number of carbonyl (C=O) groups excluding carboxylic acids is 1. The van der Waals surface area contributed by atoms with E-state index in [1.54, 1.807) is 0 Å². The van der Waals surface area contributed by atoms with E-state index in [4.69, 9.17) is 0 Å². The third-order valence-corrected chi connectivity index (χ3v) is 4.54. The standard InChI is InChI=1S/C14H26N2O/c1-3-11(2)15-10-14(17)16-9-8-12-6-4-5-7-13(12)16/h11-13,15H,3-10H2,1-2H3. The minimum Gasteiger partial charge on any atom is -0.338 e. The maximum Gasteiger partial charge on any atom is 0.236 e. The van der Waals surface area contributed by atoms with Crippen LogP contribution < -0.4 is 5.32 Å². The number of likely N-dealkylation sites (tertiary alicyclic amines) is 1. The van der Waals surface area contributed by atoms with Crippen LogP contribution in [0.5, 0.6) is 0 Å². The lowest BCUT2D eigenvalue weighted by Crippen LogP contribution is -2.44. The molecule has 0 aromatic rings. The van der Waals surface area contributed by atoms with Crippen LogP contribution in [-0.2, 0) is 4.79 Å². The van der Waals surface area contributed by atoms with E-state index in [9.17, 15) is 4.79 Å². The Morgan fingerprint density at radius 1 is 1.35 bits per heavy atom.